The van der Waals surface area contributed by atoms with E-state index in [1.54, 1.807) is 48.5 Å². The first kappa shape index (κ1) is 16.5. The van der Waals surface area contributed by atoms with Gasteiger partial charge in [0.05, 0.1) is 25.6 Å². The molecule has 4 amide bonds. The minimum absolute atomic E-state index is 0.377. The van der Waals surface area contributed by atoms with Crippen LogP contribution >= 0.6 is 0 Å². The topological polar surface area (TPSA) is 76.2 Å². The van der Waals surface area contributed by atoms with Gasteiger partial charge in [0.2, 0.25) is 11.8 Å². The van der Waals surface area contributed by atoms with Crippen LogP contribution in [0.2, 0.25) is 0 Å². The Bertz CT molecular complexity index is 747. The standard InChI is InChI=1S/C18H16N2O5/c1-24-14-7-3-12(4-8-14)19-16(21)11-17(22)20(18(19)23)13-5-9-15(25-2)10-6-13/h3-10H,11H2,1-2H3. The van der Waals surface area contributed by atoms with Gasteiger partial charge in [-0.3, -0.25) is 9.59 Å². The Kier molecular flexibility index (Phi) is 4.38. The zero-order chi connectivity index (χ0) is 18.0. The van der Waals surface area contributed by atoms with Crippen LogP contribution in [0.5, 0.6) is 11.5 Å². The molecule has 1 fully saturated rings. The van der Waals surface area contributed by atoms with E-state index in [9.17, 15) is 14.4 Å². The minimum atomic E-state index is -0.711. The highest BCUT2D eigenvalue weighted by atomic mass is 16.5. The second-order valence-electron chi connectivity index (χ2n) is 5.31. The van der Waals surface area contributed by atoms with Crippen molar-refractivity contribution in [2.75, 3.05) is 24.0 Å². The van der Waals surface area contributed by atoms with Crippen LogP contribution in [0, 0.1) is 0 Å². The van der Waals surface area contributed by atoms with Crippen LogP contribution in [0.25, 0.3) is 0 Å². The van der Waals surface area contributed by atoms with Crippen molar-refractivity contribution in [2.24, 2.45) is 0 Å². The van der Waals surface area contributed by atoms with Crippen LogP contribution in [-0.4, -0.2) is 32.1 Å². The smallest absolute Gasteiger partial charge is 0.342 e. The summed E-state index contributed by atoms with van der Waals surface area (Å²) in [5.74, 6) is 0.0716. The van der Waals surface area contributed by atoms with E-state index in [4.69, 9.17) is 9.47 Å². The highest BCUT2D eigenvalue weighted by Crippen LogP contribution is 2.28. The number of ether oxygens (including phenoxy) is 2. The molecule has 0 bridgehead atoms. The van der Waals surface area contributed by atoms with E-state index in [1.807, 2.05) is 0 Å². The summed E-state index contributed by atoms with van der Waals surface area (Å²) in [6.45, 7) is 0. The van der Waals surface area contributed by atoms with Crippen molar-refractivity contribution in [1.29, 1.82) is 0 Å². The summed E-state index contributed by atoms with van der Waals surface area (Å²) in [5, 5.41) is 0. The van der Waals surface area contributed by atoms with Crippen LogP contribution in [-0.2, 0) is 9.59 Å². The molecule has 1 heterocycles. The number of imide groups is 2. The van der Waals surface area contributed by atoms with Crippen molar-refractivity contribution in [3.05, 3.63) is 48.5 Å². The molecule has 0 aliphatic carbocycles. The predicted octanol–water partition coefficient (Wildman–Crippen LogP) is 2.59. The van der Waals surface area contributed by atoms with Crippen LogP contribution < -0.4 is 19.3 Å². The number of hydrogen-bond donors (Lipinski definition) is 0. The van der Waals surface area contributed by atoms with Gasteiger partial charge in [-0.15, -0.1) is 0 Å². The lowest BCUT2D eigenvalue weighted by atomic mass is 10.2. The number of urea groups is 1. The Hall–Kier alpha value is -3.35. The van der Waals surface area contributed by atoms with Gasteiger partial charge >= 0.3 is 6.03 Å². The van der Waals surface area contributed by atoms with Gasteiger partial charge in [-0.2, -0.15) is 0 Å². The molecule has 0 aromatic heterocycles. The second kappa shape index (κ2) is 6.64. The first-order valence-corrected chi connectivity index (χ1v) is 7.53. The van der Waals surface area contributed by atoms with Crippen molar-refractivity contribution in [2.45, 2.75) is 6.42 Å². The van der Waals surface area contributed by atoms with E-state index in [0.717, 1.165) is 9.80 Å². The number of carbonyl (C=O) groups excluding carboxylic acids is 3. The van der Waals surface area contributed by atoms with E-state index >= 15 is 0 Å². The number of rotatable bonds is 4. The first-order valence-electron chi connectivity index (χ1n) is 7.53. The zero-order valence-electron chi connectivity index (χ0n) is 13.8. The Morgan fingerprint density at radius 1 is 0.680 bits per heavy atom. The van der Waals surface area contributed by atoms with Gasteiger partial charge < -0.3 is 9.47 Å². The van der Waals surface area contributed by atoms with Crippen molar-refractivity contribution in [3.63, 3.8) is 0 Å². The molecule has 128 valence electrons. The fraction of sp³-hybridized carbons (Fsp3) is 0.167. The third-order valence-electron chi connectivity index (χ3n) is 3.85. The third-order valence-corrected chi connectivity index (χ3v) is 3.85. The lowest BCUT2D eigenvalue weighted by Crippen LogP contribution is -2.55. The fourth-order valence-corrected chi connectivity index (χ4v) is 2.57. The van der Waals surface area contributed by atoms with Crippen molar-refractivity contribution in [3.8, 4) is 11.5 Å². The number of methoxy groups -OCH3 is 2. The molecule has 25 heavy (non-hydrogen) atoms. The van der Waals surface area contributed by atoms with E-state index in [0.29, 0.717) is 22.9 Å². The summed E-state index contributed by atoms with van der Waals surface area (Å²) >= 11 is 0. The van der Waals surface area contributed by atoms with E-state index in [1.165, 1.54) is 14.2 Å². The zero-order valence-corrected chi connectivity index (χ0v) is 13.8. The van der Waals surface area contributed by atoms with Gasteiger partial charge in [0, 0.05) is 0 Å². The van der Waals surface area contributed by atoms with Crippen LogP contribution in [0.4, 0.5) is 16.2 Å². The average molecular weight is 340 g/mol. The van der Waals surface area contributed by atoms with Gasteiger partial charge in [0.25, 0.3) is 0 Å². The number of anilines is 2. The summed E-state index contributed by atoms with van der Waals surface area (Å²) in [5.41, 5.74) is 0.753. The molecule has 0 spiro atoms. The number of nitrogens with zero attached hydrogens (tertiary/aromatic N) is 2. The highest BCUT2D eigenvalue weighted by Gasteiger charge is 2.39. The Morgan fingerprint density at radius 3 is 1.36 bits per heavy atom. The van der Waals surface area contributed by atoms with Crippen LogP contribution in [0.15, 0.2) is 48.5 Å². The molecule has 3 rings (SSSR count). The van der Waals surface area contributed by atoms with Crippen LogP contribution in [0.1, 0.15) is 6.42 Å². The molecule has 1 aliphatic heterocycles. The van der Waals surface area contributed by atoms with Crippen molar-refractivity contribution < 1.29 is 23.9 Å². The Morgan fingerprint density at radius 2 is 1.04 bits per heavy atom. The molecule has 0 radical (unpaired) electrons. The summed E-state index contributed by atoms with van der Waals surface area (Å²) < 4.78 is 10.1. The maximum Gasteiger partial charge on any atom is 0.342 e. The predicted molar refractivity (Wildman–Crippen MR) is 91.0 cm³/mol. The Balaban J connectivity index is 1.95. The summed E-state index contributed by atoms with van der Waals surface area (Å²) in [4.78, 5) is 39.3. The van der Waals surface area contributed by atoms with Gasteiger partial charge in [-0.1, -0.05) is 0 Å². The molecule has 0 atom stereocenters. The van der Waals surface area contributed by atoms with E-state index in [2.05, 4.69) is 0 Å². The number of barbiturate groups is 1. The van der Waals surface area contributed by atoms with Gasteiger partial charge in [0.15, 0.2) is 0 Å². The van der Waals surface area contributed by atoms with Crippen molar-refractivity contribution >= 4 is 29.2 Å². The van der Waals surface area contributed by atoms with E-state index in [-0.39, 0.29) is 6.42 Å². The molecule has 7 heteroatoms. The maximum absolute atomic E-state index is 12.8. The molecule has 0 N–H and O–H groups in total. The number of hydrogen-bond acceptors (Lipinski definition) is 5. The van der Waals surface area contributed by atoms with E-state index < -0.39 is 17.8 Å². The molecule has 0 saturated carbocycles. The molecule has 1 saturated heterocycles. The summed E-state index contributed by atoms with van der Waals surface area (Å²) in [6.07, 6.45) is -0.385. The second-order valence-corrected chi connectivity index (χ2v) is 5.31. The molecule has 7 nitrogen and oxygen atoms in total. The first-order chi connectivity index (χ1) is 12.0. The SMILES string of the molecule is COc1ccc(N2C(=O)CC(=O)N(c3ccc(OC)cc3)C2=O)cc1. The fourth-order valence-electron chi connectivity index (χ4n) is 2.57. The summed E-state index contributed by atoms with van der Waals surface area (Å²) in [7, 11) is 3.05. The lowest BCUT2D eigenvalue weighted by molar-refractivity contribution is -0.126. The monoisotopic (exact) mass is 340 g/mol. The summed E-state index contributed by atoms with van der Waals surface area (Å²) in [6, 6.07) is 12.2. The largest absolute Gasteiger partial charge is 0.497 e. The molecule has 2 aromatic carbocycles. The van der Waals surface area contributed by atoms with Gasteiger partial charge in [-0.25, -0.2) is 14.6 Å². The molecular formula is C18H16N2O5. The number of amides is 4. The lowest BCUT2D eigenvalue weighted by Gasteiger charge is -2.32. The normalized spacial score (nSPS) is 14.7. The van der Waals surface area contributed by atoms with Crippen molar-refractivity contribution in [1.82, 2.24) is 0 Å². The highest BCUT2D eigenvalue weighted by molar-refractivity contribution is 6.35. The number of carbonyl (C=O) groups is 3. The van der Waals surface area contributed by atoms with Gasteiger partial charge in [0.1, 0.15) is 17.9 Å². The molecule has 2 aromatic rings. The minimum Gasteiger partial charge on any atom is -0.497 e. The quantitative estimate of drug-likeness (QED) is 0.800. The molecule has 0 unspecified atom stereocenters. The third kappa shape index (κ3) is 3.03. The average Bonchev–Trinajstić information content (AvgIpc) is 2.62. The molecular weight excluding hydrogens is 324 g/mol. The Labute approximate surface area is 144 Å². The van der Waals surface area contributed by atoms with Gasteiger partial charge in [-0.05, 0) is 48.5 Å². The molecule has 1 aliphatic rings. The number of benzene rings is 2. The maximum atomic E-state index is 12.8. The van der Waals surface area contributed by atoms with Crippen LogP contribution in [0.3, 0.4) is 0 Å².